The molecule has 0 amide bonds. The molecule has 1 aromatic heterocycles. The summed E-state index contributed by atoms with van der Waals surface area (Å²) in [6.45, 7) is 6.60. The number of ether oxygens (including phenoxy) is 1. The molecule has 10 heteroatoms. The van der Waals surface area contributed by atoms with Crippen LogP contribution in [0.4, 0.5) is 18.9 Å². The van der Waals surface area contributed by atoms with Gasteiger partial charge in [-0.05, 0) is 57.8 Å². The summed E-state index contributed by atoms with van der Waals surface area (Å²) in [5.41, 5.74) is -1.12. The van der Waals surface area contributed by atoms with Crippen LogP contribution in [0.25, 0.3) is 11.4 Å². The molecule has 0 aliphatic carbocycles. The maximum absolute atomic E-state index is 12.7. The molecule has 3 rings (SSSR count). The van der Waals surface area contributed by atoms with Gasteiger partial charge < -0.3 is 14.6 Å². The van der Waals surface area contributed by atoms with Gasteiger partial charge in [-0.25, -0.2) is 4.98 Å². The zero-order valence-electron chi connectivity index (χ0n) is 16.2. The van der Waals surface area contributed by atoms with Crippen LogP contribution >= 0.6 is 0 Å². The second kappa shape index (κ2) is 8.40. The van der Waals surface area contributed by atoms with Crippen molar-refractivity contribution in [2.45, 2.75) is 38.9 Å². The van der Waals surface area contributed by atoms with E-state index in [0.29, 0.717) is 24.8 Å². The fourth-order valence-corrected chi connectivity index (χ4v) is 3.39. The molecule has 158 valence electrons. The number of hydrogen-bond donors (Lipinski definition) is 1. The van der Waals surface area contributed by atoms with Crippen LogP contribution in [0.1, 0.15) is 32.4 Å². The second-order valence-electron chi connectivity index (χ2n) is 7.47. The van der Waals surface area contributed by atoms with E-state index in [1.54, 1.807) is 0 Å². The summed E-state index contributed by atoms with van der Waals surface area (Å²) < 4.78 is 43.9. The number of aromatic amines is 1. The van der Waals surface area contributed by atoms with E-state index in [9.17, 15) is 23.3 Å². The van der Waals surface area contributed by atoms with Gasteiger partial charge in [0.25, 0.3) is 0 Å². The van der Waals surface area contributed by atoms with Crippen LogP contribution < -0.4 is 4.74 Å². The van der Waals surface area contributed by atoms with Crippen molar-refractivity contribution < 1.29 is 22.8 Å². The normalized spacial score (nSPS) is 16.3. The lowest BCUT2D eigenvalue weighted by Gasteiger charge is -2.34. The van der Waals surface area contributed by atoms with Gasteiger partial charge in [-0.1, -0.05) is 0 Å². The molecule has 1 fully saturated rings. The van der Waals surface area contributed by atoms with Gasteiger partial charge in [0, 0.05) is 17.7 Å². The van der Waals surface area contributed by atoms with Crippen LogP contribution in [0, 0.1) is 16.0 Å². The van der Waals surface area contributed by atoms with E-state index >= 15 is 0 Å². The second-order valence-corrected chi connectivity index (χ2v) is 7.47. The van der Waals surface area contributed by atoms with E-state index in [1.165, 1.54) is 18.2 Å². The van der Waals surface area contributed by atoms with Crippen LogP contribution in [-0.4, -0.2) is 45.5 Å². The minimum Gasteiger partial charge on any atom is -0.487 e. The minimum absolute atomic E-state index is 0.0898. The summed E-state index contributed by atoms with van der Waals surface area (Å²) >= 11 is 0. The number of piperidine rings is 1. The molecule has 0 spiro atoms. The van der Waals surface area contributed by atoms with E-state index in [0.717, 1.165) is 25.9 Å². The van der Waals surface area contributed by atoms with Crippen molar-refractivity contribution in [1.29, 1.82) is 0 Å². The van der Waals surface area contributed by atoms with E-state index in [2.05, 4.69) is 28.7 Å². The first kappa shape index (κ1) is 21.1. The van der Waals surface area contributed by atoms with Crippen molar-refractivity contribution in [3.8, 4) is 17.1 Å². The first-order chi connectivity index (χ1) is 13.6. The van der Waals surface area contributed by atoms with E-state index in [1.807, 2.05) is 0 Å². The maximum Gasteiger partial charge on any atom is 0.432 e. The molecule has 2 heterocycles. The molecule has 0 radical (unpaired) electrons. The van der Waals surface area contributed by atoms with E-state index < -0.39 is 16.8 Å². The smallest absolute Gasteiger partial charge is 0.432 e. The SMILES string of the molecule is CC(C)N1CCC(COc2ccc(-c3ncc(C(F)(F)F)[nH]3)cc2[N+](=O)[O-])CC1. The third kappa shape index (κ3) is 5.06. The Bertz CT molecular complexity index is 859. The van der Waals surface area contributed by atoms with Crippen molar-refractivity contribution >= 4 is 5.69 Å². The number of benzene rings is 1. The molecule has 0 bridgehead atoms. The van der Waals surface area contributed by atoms with Gasteiger partial charge in [0.05, 0.1) is 17.7 Å². The minimum atomic E-state index is -4.56. The van der Waals surface area contributed by atoms with Gasteiger partial charge in [-0.3, -0.25) is 10.1 Å². The van der Waals surface area contributed by atoms with Crippen molar-refractivity contribution in [2.24, 2.45) is 5.92 Å². The van der Waals surface area contributed by atoms with Gasteiger partial charge in [-0.15, -0.1) is 0 Å². The Morgan fingerprint density at radius 1 is 1.34 bits per heavy atom. The van der Waals surface area contributed by atoms with Gasteiger partial charge >= 0.3 is 11.9 Å². The number of nitrogens with one attached hydrogen (secondary N) is 1. The molecule has 0 atom stereocenters. The summed E-state index contributed by atoms with van der Waals surface area (Å²) in [5, 5.41) is 11.4. The van der Waals surface area contributed by atoms with Gasteiger partial charge in [-0.2, -0.15) is 13.2 Å². The van der Waals surface area contributed by atoms with Gasteiger partial charge in [0.2, 0.25) is 0 Å². The highest BCUT2D eigenvalue weighted by atomic mass is 19.4. The van der Waals surface area contributed by atoms with Gasteiger partial charge in [0.15, 0.2) is 5.75 Å². The summed E-state index contributed by atoms with van der Waals surface area (Å²) in [4.78, 5) is 19.1. The fourth-order valence-electron chi connectivity index (χ4n) is 3.39. The molecule has 1 aliphatic rings. The van der Waals surface area contributed by atoms with Crippen LogP contribution in [-0.2, 0) is 6.18 Å². The summed E-state index contributed by atoms with van der Waals surface area (Å²) in [5.74, 6) is 0.323. The Morgan fingerprint density at radius 2 is 2.03 bits per heavy atom. The Hall–Kier alpha value is -2.62. The summed E-state index contributed by atoms with van der Waals surface area (Å²) in [7, 11) is 0. The number of likely N-dealkylation sites (tertiary alicyclic amines) is 1. The number of nitro groups is 1. The van der Waals surface area contributed by atoms with Crippen LogP contribution in [0.2, 0.25) is 0 Å². The number of halogens is 3. The zero-order chi connectivity index (χ0) is 21.2. The lowest BCUT2D eigenvalue weighted by molar-refractivity contribution is -0.385. The first-order valence-electron chi connectivity index (χ1n) is 9.43. The number of imidazole rings is 1. The number of aromatic nitrogens is 2. The molecular weight excluding hydrogens is 389 g/mol. The number of nitrogens with zero attached hydrogens (tertiary/aromatic N) is 3. The monoisotopic (exact) mass is 412 g/mol. The number of nitro benzene ring substituents is 1. The molecule has 0 saturated carbocycles. The third-order valence-electron chi connectivity index (χ3n) is 5.16. The molecule has 1 saturated heterocycles. The molecule has 1 aromatic carbocycles. The Morgan fingerprint density at radius 3 is 2.59 bits per heavy atom. The quantitative estimate of drug-likeness (QED) is 0.558. The summed E-state index contributed by atoms with van der Waals surface area (Å²) in [6.07, 6.45) is -1.99. The average Bonchev–Trinajstić information content (AvgIpc) is 3.17. The lowest BCUT2D eigenvalue weighted by atomic mass is 9.97. The van der Waals surface area contributed by atoms with Gasteiger partial charge in [0.1, 0.15) is 11.5 Å². The Kier molecular flexibility index (Phi) is 6.11. The Labute approximate surface area is 166 Å². The predicted molar refractivity (Wildman–Crippen MR) is 101 cm³/mol. The van der Waals surface area contributed by atoms with E-state index in [4.69, 9.17) is 4.74 Å². The molecule has 7 nitrogen and oxygen atoms in total. The highest BCUT2D eigenvalue weighted by Crippen LogP contribution is 2.34. The number of rotatable bonds is 6. The lowest BCUT2D eigenvalue weighted by Crippen LogP contribution is -2.39. The van der Waals surface area contributed by atoms with Crippen LogP contribution in [0.3, 0.4) is 0 Å². The third-order valence-corrected chi connectivity index (χ3v) is 5.16. The Balaban J connectivity index is 1.70. The van der Waals surface area contributed by atoms with Crippen molar-refractivity contribution in [3.05, 3.63) is 40.2 Å². The maximum atomic E-state index is 12.7. The number of alkyl halides is 3. The largest absolute Gasteiger partial charge is 0.487 e. The highest BCUT2D eigenvalue weighted by Gasteiger charge is 2.33. The highest BCUT2D eigenvalue weighted by molar-refractivity contribution is 5.63. The zero-order valence-corrected chi connectivity index (χ0v) is 16.2. The van der Waals surface area contributed by atoms with Crippen molar-refractivity contribution in [1.82, 2.24) is 14.9 Å². The molecule has 1 N–H and O–H groups in total. The van der Waals surface area contributed by atoms with Crippen molar-refractivity contribution in [2.75, 3.05) is 19.7 Å². The standard InChI is InChI=1S/C19H23F3N4O3/c1-12(2)25-7-5-13(6-8-25)11-29-16-4-3-14(9-15(16)26(27)28)18-23-10-17(24-18)19(20,21)22/h3-4,9-10,12-13H,5-8,11H2,1-2H3,(H,23,24). The molecule has 1 aliphatic heterocycles. The molecule has 2 aromatic rings. The van der Waals surface area contributed by atoms with E-state index in [-0.39, 0.29) is 22.8 Å². The molecule has 0 unspecified atom stereocenters. The fraction of sp³-hybridized carbons (Fsp3) is 0.526. The number of hydrogen-bond acceptors (Lipinski definition) is 5. The summed E-state index contributed by atoms with van der Waals surface area (Å²) in [6, 6.07) is 4.54. The topological polar surface area (TPSA) is 84.3 Å². The average molecular weight is 412 g/mol. The van der Waals surface area contributed by atoms with Crippen LogP contribution in [0.15, 0.2) is 24.4 Å². The number of H-pyrrole nitrogens is 1. The van der Waals surface area contributed by atoms with Crippen LogP contribution in [0.5, 0.6) is 5.75 Å². The van der Waals surface area contributed by atoms with Crippen molar-refractivity contribution in [3.63, 3.8) is 0 Å². The molecular formula is C19H23F3N4O3. The predicted octanol–water partition coefficient (Wildman–Crippen LogP) is 4.50. The molecule has 29 heavy (non-hydrogen) atoms. The first-order valence-corrected chi connectivity index (χ1v) is 9.43.